The van der Waals surface area contributed by atoms with Gasteiger partial charge in [-0.25, -0.2) is 9.97 Å². The number of hydrogen-bond acceptors (Lipinski definition) is 2. The SMILES string of the molecule is Pn1cc(I)c2c(Cl)ncnc21. The smallest absolute Gasteiger partial charge is 0.148 e. The van der Waals surface area contributed by atoms with Crippen molar-refractivity contribution in [3.63, 3.8) is 0 Å². The first kappa shape index (κ1) is 8.66. The topological polar surface area (TPSA) is 30.7 Å². The Kier molecular flexibility index (Phi) is 2.23. The second-order valence-electron chi connectivity index (χ2n) is 2.25. The lowest BCUT2D eigenvalue weighted by molar-refractivity contribution is 1.18. The maximum Gasteiger partial charge on any atom is 0.148 e. The molecule has 1 atom stereocenters. The maximum atomic E-state index is 5.90. The summed E-state index contributed by atoms with van der Waals surface area (Å²) in [6, 6.07) is 0. The van der Waals surface area contributed by atoms with Crippen LogP contribution in [0.3, 0.4) is 0 Å². The lowest BCUT2D eigenvalue weighted by atomic mass is 10.4. The van der Waals surface area contributed by atoms with Crippen molar-refractivity contribution in [3.05, 3.63) is 21.2 Å². The number of hydrogen-bond donors (Lipinski definition) is 0. The van der Waals surface area contributed by atoms with E-state index in [-0.39, 0.29) is 0 Å². The van der Waals surface area contributed by atoms with E-state index >= 15 is 0 Å². The predicted octanol–water partition coefficient (Wildman–Crippen LogP) is 2.33. The van der Waals surface area contributed by atoms with E-state index in [2.05, 4.69) is 41.9 Å². The van der Waals surface area contributed by atoms with Crippen LogP contribution in [0.5, 0.6) is 0 Å². The largest absolute Gasteiger partial charge is 0.316 e. The number of fused-ring (bicyclic) bond motifs is 1. The summed E-state index contributed by atoms with van der Waals surface area (Å²) in [5.41, 5.74) is 0.837. The molecule has 2 rings (SSSR count). The van der Waals surface area contributed by atoms with Crippen molar-refractivity contribution in [2.24, 2.45) is 0 Å². The Morgan fingerprint density at radius 2 is 2.25 bits per heavy atom. The van der Waals surface area contributed by atoms with Gasteiger partial charge in [-0.1, -0.05) is 11.6 Å². The molecule has 6 heteroatoms. The fourth-order valence-electron chi connectivity index (χ4n) is 1.00. The molecule has 0 aliphatic heterocycles. The molecule has 2 aromatic heterocycles. The molecule has 0 radical (unpaired) electrons. The van der Waals surface area contributed by atoms with Gasteiger partial charge in [0.2, 0.25) is 0 Å². The lowest BCUT2D eigenvalue weighted by Crippen LogP contribution is -1.83. The van der Waals surface area contributed by atoms with Crippen molar-refractivity contribution in [2.75, 3.05) is 0 Å². The van der Waals surface area contributed by atoms with Crippen LogP contribution in [0.1, 0.15) is 0 Å². The van der Waals surface area contributed by atoms with Gasteiger partial charge in [0.15, 0.2) is 0 Å². The summed E-state index contributed by atoms with van der Waals surface area (Å²) < 4.78 is 2.91. The summed E-state index contributed by atoms with van der Waals surface area (Å²) >= 11 is 8.10. The van der Waals surface area contributed by atoms with Crippen LogP contribution >= 0.6 is 43.6 Å². The number of aromatic nitrogens is 3. The first-order chi connectivity index (χ1) is 5.70. The highest BCUT2D eigenvalue weighted by molar-refractivity contribution is 14.1. The van der Waals surface area contributed by atoms with E-state index in [9.17, 15) is 0 Å². The number of halogens is 2. The first-order valence-electron chi connectivity index (χ1n) is 3.12. The van der Waals surface area contributed by atoms with Gasteiger partial charge in [-0.3, -0.25) is 0 Å². The van der Waals surface area contributed by atoms with E-state index in [0.29, 0.717) is 5.15 Å². The molecule has 12 heavy (non-hydrogen) atoms. The Morgan fingerprint density at radius 1 is 1.50 bits per heavy atom. The van der Waals surface area contributed by atoms with Gasteiger partial charge in [-0.2, -0.15) is 0 Å². The minimum absolute atomic E-state index is 0.505. The zero-order valence-electron chi connectivity index (χ0n) is 5.83. The Balaban J connectivity index is 2.99. The average Bonchev–Trinajstić information content (AvgIpc) is 2.29. The molecule has 0 aliphatic carbocycles. The zero-order chi connectivity index (χ0) is 8.72. The van der Waals surface area contributed by atoms with Crippen molar-refractivity contribution in [3.8, 4) is 0 Å². The highest BCUT2D eigenvalue weighted by Crippen LogP contribution is 2.27. The fraction of sp³-hybridized carbons (Fsp3) is 0. The van der Waals surface area contributed by atoms with Crippen LogP contribution in [0.4, 0.5) is 0 Å². The van der Waals surface area contributed by atoms with E-state index in [1.807, 2.05) is 10.5 Å². The van der Waals surface area contributed by atoms with Gasteiger partial charge < -0.3 is 4.34 Å². The molecule has 0 spiro atoms. The van der Waals surface area contributed by atoms with E-state index < -0.39 is 0 Å². The monoisotopic (exact) mass is 311 g/mol. The minimum atomic E-state index is 0.505. The van der Waals surface area contributed by atoms with E-state index in [0.717, 1.165) is 14.6 Å². The molecule has 2 aromatic rings. The van der Waals surface area contributed by atoms with Crippen LogP contribution in [0, 0.1) is 3.57 Å². The molecule has 0 aromatic carbocycles. The molecule has 0 amide bonds. The van der Waals surface area contributed by atoms with Crippen molar-refractivity contribution < 1.29 is 0 Å². The summed E-state index contributed by atoms with van der Waals surface area (Å²) in [7, 11) is 2.55. The lowest BCUT2D eigenvalue weighted by Gasteiger charge is -1.93. The van der Waals surface area contributed by atoms with Gasteiger partial charge in [0.1, 0.15) is 17.1 Å². The van der Waals surface area contributed by atoms with E-state index in [1.54, 1.807) is 0 Å². The summed E-state index contributed by atoms with van der Waals surface area (Å²) in [6.07, 6.45) is 3.40. The predicted molar refractivity (Wildman–Crippen MR) is 60.4 cm³/mol. The van der Waals surface area contributed by atoms with Crippen LogP contribution < -0.4 is 0 Å². The third-order valence-electron chi connectivity index (χ3n) is 1.52. The third kappa shape index (κ3) is 1.22. The molecule has 0 fully saturated rings. The van der Waals surface area contributed by atoms with Crippen LogP contribution in [0.25, 0.3) is 11.0 Å². The summed E-state index contributed by atoms with van der Waals surface area (Å²) in [5.74, 6) is 0. The van der Waals surface area contributed by atoms with Gasteiger partial charge in [-0.15, -0.1) is 0 Å². The molecule has 2 heterocycles. The van der Waals surface area contributed by atoms with Crippen LogP contribution in [0.15, 0.2) is 12.5 Å². The van der Waals surface area contributed by atoms with Crippen molar-refractivity contribution in [2.45, 2.75) is 0 Å². The molecule has 62 valence electrons. The van der Waals surface area contributed by atoms with E-state index in [4.69, 9.17) is 11.6 Å². The second kappa shape index (κ2) is 3.09. The van der Waals surface area contributed by atoms with Crippen LogP contribution in [-0.2, 0) is 0 Å². The summed E-state index contributed by atoms with van der Waals surface area (Å²) in [5, 5.41) is 1.42. The summed E-state index contributed by atoms with van der Waals surface area (Å²) in [6.45, 7) is 0. The van der Waals surface area contributed by atoms with Crippen molar-refractivity contribution in [1.82, 2.24) is 14.3 Å². The zero-order valence-corrected chi connectivity index (χ0v) is 9.90. The Labute approximate surface area is 89.9 Å². The average molecular weight is 311 g/mol. The van der Waals surface area contributed by atoms with Crippen LogP contribution in [-0.4, -0.2) is 14.3 Å². The maximum absolute atomic E-state index is 5.90. The highest BCUT2D eigenvalue weighted by atomic mass is 127. The Hall–Kier alpha value is 0.0700. The molecular weight excluding hydrogens is 307 g/mol. The molecule has 3 nitrogen and oxygen atoms in total. The normalized spacial score (nSPS) is 10.9. The molecular formula is C6H4ClIN3P. The molecule has 0 bridgehead atoms. The van der Waals surface area contributed by atoms with Gasteiger partial charge in [0, 0.05) is 9.77 Å². The third-order valence-corrected chi connectivity index (χ3v) is 3.01. The quantitative estimate of drug-likeness (QED) is 0.425. The molecule has 1 unspecified atom stereocenters. The van der Waals surface area contributed by atoms with Crippen molar-refractivity contribution >= 4 is 54.6 Å². The van der Waals surface area contributed by atoms with Gasteiger partial charge in [-0.05, 0) is 32.0 Å². The standard InChI is InChI=1S/C6H4ClIN3P/c7-5-4-3(8)1-11(12)6(4)10-2-9-5/h1-2H,12H2. The Bertz CT molecular complexity index is 442. The molecule has 0 N–H and O–H groups in total. The number of rotatable bonds is 0. The van der Waals surface area contributed by atoms with Gasteiger partial charge in [0.05, 0.1) is 5.39 Å². The van der Waals surface area contributed by atoms with E-state index in [1.165, 1.54) is 6.33 Å². The minimum Gasteiger partial charge on any atom is -0.316 e. The van der Waals surface area contributed by atoms with Gasteiger partial charge in [0.25, 0.3) is 0 Å². The van der Waals surface area contributed by atoms with Gasteiger partial charge >= 0.3 is 0 Å². The van der Waals surface area contributed by atoms with Crippen molar-refractivity contribution in [1.29, 1.82) is 0 Å². The second-order valence-corrected chi connectivity index (χ2v) is 4.32. The highest BCUT2D eigenvalue weighted by Gasteiger charge is 2.08. The molecule has 0 aliphatic rings. The Morgan fingerprint density at radius 3 is 2.92 bits per heavy atom. The number of nitrogens with zero attached hydrogens (tertiary/aromatic N) is 3. The summed E-state index contributed by atoms with van der Waals surface area (Å²) in [4.78, 5) is 8.01. The first-order valence-corrected chi connectivity index (χ1v) is 5.09. The fourth-order valence-corrected chi connectivity index (χ4v) is 2.84. The molecule has 0 saturated carbocycles. The molecule has 0 saturated heterocycles. The van der Waals surface area contributed by atoms with Crippen LogP contribution in [0.2, 0.25) is 5.15 Å².